The van der Waals surface area contributed by atoms with Crippen LogP contribution < -0.4 is 4.72 Å². The number of aliphatic hydroxyl groups excluding tert-OH is 1. The van der Waals surface area contributed by atoms with Crippen molar-refractivity contribution in [3.8, 4) is 0 Å². The van der Waals surface area contributed by atoms with Crippen LogP contribution in [0.25, 0.3) is 0 Å². The fourth-order valence-corrected chi connectivity index (χ4v) is 2.75. The molecule has 0 unspecified atom stereocenters. The zero-order valence-electron chi connectivity index (χ0n) is 9.61. The first-order valence-electron chi connectivity index (χ1n) is 5.32. The van der Waals surface area contributed by atoms with E-state index in [9.17, 15) is 8.42 Å². The summed E-state index contributed by atoms with van der Waals surface area (Å²) < 4.78 is 25.8. The summed E-state index contributed by atoms with van der Waals surface area (Å²) in [6.45, 7) is 1.86. The van der Waals surface area contributed by atoms with Crippen LogP contribution in [0.3, 0.4) is 0 Å². The lowest BCUT2D eigenvalue weighted by atomic mass is 10.2. The number of aryl methyl sites for hydroxylation is 1. The molecule has 0 aromatic heterocycles. The molecule has 0 aliphatic heterocycles. The van der Waals surface area contributed by atoms with E-state index in [4.69, 9.17) is 16.7 Å². The molecule has 0 heterocycles. The van der Waals surface area contributed by atoms with Crippen molar-refractivity contribution in [2.75, 3.05) is 17.1 Å². The molecular weight excluding hydrogens is 262 g/mol. The molecular formula is C11H16ClNO3S. The third kappa shape index (κ3) is 4.93. The molecule has 0 saturated heterocycles. The van der Waals surface area contributed by atoms with Crippen LogP contribution in [-0.2, 0) is 10.0 Å². The Morgan fingerprint density at radius 3 is 2.71 bits per heavy atom. The van der Waals surface area contributed by atoms with Gasteiger partial charge < -0.3 is 5.11 Å². The number of aliphatic hydroxyl groups is 1. The van der Waals surface area contributed by atoms with E-state index in [-0.39, 0.29) is 12.4 Å². The van der Waals surface area contributed by atoms with Crippen LogP contribution in [0.4, 0.5) is 5.69 Å². The molecule has 0 amide bonds. The number of hydrogen-bond donors (Lipinski definition) is 2. The molecule has 1 rings (SSSR count). The highest BCUT2D eigenvalue weighted by atomic mass is 35.5. The van der Waals surface area contributed by atoms with E-state index in [1.807, 2.05) is 13.0 Å². The van der Waals surface area contributed by atoms with E-state index in [0.717, 1.165) is 5.56 Å². The SMILES string of the molecule is Cc1ccc(Cl)c(NS(=O)(=O)CCCCO)c1. The summed E-state index contributed by atoms with van der Waals surface area (Å²) in [5.41, 5.74) is 1.33. The Kier molecular flexibility index (Phi) is 5.24. The predicted molar refractivity (Wildman–Crippen MR) is 69.9 cm³/mol. The van der Waals surface area contributed by atoms with Gasteiger partial charge in [-0.05, 0) is 37.5 Å². The summed E-state index contributed by atoms with van der Waals surface area (Å²) >= 11 is 5.90. The van der Waals surface area contributed by atoms with Crippen LogP contribution in [0.2, 0.25) is 5.02 Å². The minimum atomic E-state index is -3.39. The van der Waals surface area contributed by atoms with Gasteiger partial charge in [-0.3, -0.25) is 4.72 Å². The summed E-state index contributed by atoms with van der Waals surface area (Å²) in [5, 5.41) is 8.97. The average molecular weight is 278 g/mol. The van der Waals surface area contributed by atoms with Gasteiger partial charge in [-0.2, -0.15) is 0 Å². The quantitative estimate of drug-likeness (QED) is 0.783. The van der Waals surface area contributed by atoms with Gasteiger partial charge in [0.1, 0.15) is 0 Å². The van der Waals surface area contributed by atoms with E-state index < -0.39 is 10.0 Å². The highest BCUT2D eigenvalue weighted by Gasteiger charge is 2.12. The predicted octanol–water partition coefficient (Wildman–Crippen LogP) is 2.16. The van der Waals surface area contributed by atoms with Crippen LogP contribution in [0.15, 0.2) is 18.2 Å². The molecule has 0 aliphatic rings. The van der Waals surface area contributed by atoms with Gasteiger partial charge in [0.15, 0.2) is 0 Å². The Bertz CT molecular complexity index is 474. The fraction of sp³-hybridized carbons (Fsp3) is 0.455. The van der Waals surface area contributed by atoms with Gasteiger partial charge in [0, 0.05) is 6.61 Å². The van der Waals surface area contributed by atoms with Crippen molar-refractivity contribution < 1.29 is 13.5 Å². The van der Waals surface area contributed by atoms with Crippen LogP contribution in [0.1, 0.15) is 18.4 Å². The van der Waals surface area contributed by atoms with E-state index >= 15 is 0 Å². The molecule has 2 N–H and O–H groups in total. The molecule has 6 heteroatoms. The second-order valence-electron chi connectivity index (χ2n) is 3.83. The van der Waals surface area contributed by atoms with Crippen molar-refractivity contribution in [2.24, 2.45) is 0 Å². The average Bonchev–Trinajstić information content (AvgIpc) is 2.23. The fourth-order valence-electron chi connectivity index (χ4n) is 1.34. The highest BCUT2D eigenvalue weighted by Crippen LogP contribution is 2.23. The smallest absolute Gasteiger partial charge is 0.232 e. The zero-order chi connectivity index (χ0) is 12.9. The monoisotopic (exact) mass is 277 g/mol. The Hall–Kier alpha value is -0.780. The number of halogens is 1. The van der Waals surface area contributed by atoms with Crippen LogP contribution in [0.5, 0.6) is 0 Å². The molecule has 0 bridgehead atoms. The molecule has 0 radical (unpaired) electrons. The Morgan fingerprint density at radius 2 is 2.06 bits per heavy atom. The number of unbranched alkanes of at least 4 members (excludes halogenated alkanes) is 1. The van der Waals surface area contributed by atoms with Crippen LogP contribution in [0, 0.1) is 6.92 Å². The van der Waals surface area contributed by atoms with Gasteiger partial charge in [-0.15, -0.1) is 0 Å². The number of sulfonamides is 1. The van der Waals surface area contributed by atoms with Crippen molar-refractivity contribution in [3.63, 3.8) is 0 Å². The summed E-state index contributed by atoms with van der Waals surface area (Å²) in [5.74, 6) is -0.0160. The topological polar surface area (TPSA) is 66.4 Å². The molecule has 17 heavy (non-hydrogen) atoms. The number of anilines is 1. The van der Waals surface area contributed by atoms with Gasteiger partial charge in [-0.25, -0.2) is 8.42 Å². The molecule has 0 atom stereocenters. The summed E-state index contributed by atoms with van der Waals surface area (Å²) in [6, 6.07) is 5.15. The van der Waals surface area contributed by atoms with Gasteiger partial charge in [-0.1, -0.05) is 17.7 Å². The maximum absolute atomic E-state index is 11.7. The third-order valence-electron chi connectivity index (χ3n) is 2.21. The highest BCUT2D eigenvalue weighted by molar-refractivity contribution is 7.92. The third-order valence-corrected chi connectivity index (χ3v) is 3.90. The second-order valence-corrected chi connectivity index (χ2v) is 6.08. The molecule has 4 nitrogen and oxygen atoms in total. The zero-order valence-corrected chi connectivity index (χ0v) is 11.2. The van der Waals surface area contributed by atoms with Crippen molar-refractivity contribution in [2.45, 2.75) is 19.8 Å². The number of nitrogens with one attached hydrogen (secondary N) is 1. The van der Waals surface area contributed by atoms with Gasteiger partial charge in [0.05, 0.1) is 16.5 Å². The normalized spacial score (nSPS) is 11.5. The first kappa shape index (κ1) is 14.3. The van der Waals surface area contributed by atoms with Crippen molar-refractivity contribution >= 4 is 27.3 Å². The lowest BCUT2D eigenvalue weighted by molar-refractivity contribution is 0.287. The number of hydrogen-bond acceptors (Lipinski definition) is 3. The minimum absolute atomic E-state index is 0.000716. The van der Waals surface area contributed by atoms with Gasteiger partial charge in [0.2, 0.25) is 10.0 Å². The van der Waals surface area contributed by atoms with E-state index in [2.05, 4.69) is 4.72 Å². The standard InChI is InChI=1S/C11H16ClNO3S/c1-9-4-5-10(12)11(8-9)13-17(15,16)7-3-2-6-14/h4-5,8,13-14H,2-3,6-7H2,1H3. The number of rotatable bonds is 6. The Balaban J connectivity index is 2.72. The Labute approximate surface area is 107 Å². The van der Waals surface area contributed by atoms with Crippen LogP contribution >= 0.6 is 11.6 Å². The lowest BCUT2D eigenvalue weighted by Crippen LogP contribution is -2.17. The second kappa shape index (κ2) is 6.23. The van der Waals surface area contributed by atoms with Crippen molar-refractivity contribution in [1.29, 1.82) is 0 Å². The van der Waals surface area contributed by atoms with E-state index in [1.165, 1.54) is 0 Å². The maximum atomic E-state index is 11.7. The van der Waals surface area contributed by atoms with Gasteiger partial charge >= 0.3 is 0 Å². The van der Waals surface area contributed by atoms with Crippen LogP contribution in [-0.4, -0.2) is 25.9 Å². The molecule has 0 aliphatic carbocycles. The van der Waals surface area contributed by atoms with Gasteiger partial charge in [0.25, 0.3) is 0 Å². The molecule has 0 saturated carbocycles. The molecule has 0 fully saturated rings. The first-order valence-corrected chi connectivity index (χ1v) is 7.35. The largest absolute Gasteiger partial charge is 0.396 e. The Morgan fingerprint density at radius 1 is 1.35 bits per heavy atom. The molecule has 1 aromatic carbocycles. The summed E-state index contributed by atoms with van der Waals surface area (Å²) in [4.78, 5) is 0. The van der Waals surface area contributed by atoms with E-state index in [0.29, 0.717) is 23.6 Å². The van der Waals surface area contributed by atoms with Crippen molar-refractivity contribution in [3.05, 3.63) is 28.8 Å². The lowest BCUT2D eigenvalue weighted by Gasteiger charge is -2.09. The first-order chi connectivity index (χ1) is 7.94. The molecule has 96 valence electrons. The molecule has 1 aromatic rings. The minimum Gasteiger partial charge on any atom is -0.396 e. The summed E-state index contributed by atoms with van der Waals surface area (Å²) in [7, 11) is -3.39. The van der Waals surface area contributed by atoms with E-state index in [1.54, 1.807) is 12.1 Å². The summed E-state index contributed by atoms with van der Waals surface area (Å²) in [6.07, 6.45) is 0.901. The number of benzene rings is 1. The molecule has 0 spiro atoms. The maximum Gasteiger partial charge on any atom is 0.232 e. The van der Waals surface area contributed by atoms with Crippen molar-refractivity contribution in [1.82, 2.24) is 0 Å².